The largest absolute Gasteiger partial charge is 0.506 e. The van der Waals surface area contributed by atoms with Crippen molar-refractivity contribution in [2.75, 3.05) is 0 Å². The van der Waals surface area contributed by atoms with Crippen LogP contribution in [0.2, 0.25) is 0 Å². The van der Waals surface area contributed by atoms with Gasteiger partial charge in [0.25, 0.3) is 0 Å². The highest BCUT2D eigenvalue weighted by Gasteiger charge is 2.20. The van der Waals surface area contributed by atoms with Crippen LogP contribution < -0.4 is 0 Å². The Hall–Kier alpha value is -1.31. The number of hydrogen-bond donors (Lipinski definition) is 1. The quantitative estimate of drug-likeness (QED) is 0.701. The van der Waals surface area contributed by atoms with Crippen molar-refractivity contribution in [1.82, 2.24) is 4.98 Å². The second-order valence-electron chi connectivity index (χ2n) is 3.32. The summed E-state index contributed by atoms with van der Waals surface area (Å²) in [7, 11) is 0. The Balaban J connectivity index is 2.44. The van der Waals surface area contributed by atoms with Gasteiger partial charge in [0, 0.05) is 6.20 Å². The standard InChI is InChI=1S/C11H13NO/c1-2-8-4-3-7-12-10(8)11(13)9-5-6-9/h3-4,7,13H,2,5-6H2,1H3. The number of aliphatic hydroxyl groups is 1. The van der Waals surface area contributed by atoms with Crippen LogP contribution in [0.1, 0.15) is 31.0 Å². The van der Waals surface area contributed by atoms with E-state index >= 15 is 0 Å². The highest BCUT2D eigenvalue weighted by molar-refractivity contribution is 5.64. The third kappa shape index (κ3) is 1.57. The molecular weight excluding hydrogens is 162 g/mol. The number of nitrogens with zero attached hydrogens (tertiary/aromatic N) is 1. The van der Waals surface area contributed by atoms with Gasteiger partial charge in [-0.1, -0.05) is 13.0 Å². The van der Waals surface area contributed by atoms with E-state index in [9.17, 15) is 5.11 Å². The van der Waals surface area contributed by atoms with Crippen LogP contribution >= 0.6 is 0 Å². The molecule has 1 fully saturated rings. The van der Waals surface area contributed by atoms with Gasteiger partial charge >= 0.3 is 0 Å². The van der Waals surface area contributed by atoms with Crippen LogP contribution in [-0.4, -0.2) is 10.1 Å². The number of rotatable bonds is 2. The summed E-state index contributed by atoms with van der Waals surface area (Å²) in [5, 5.41) is 9.79. The lowest BCUT2D eigenvalue weighted by atomic mass is 10.1. The van der Waals surface area contributed by atoms with E-state index in [1.807, 2.05) is 12.1 Å². The third-order valence-corrected chi connectivity index (χ3v) is 2.33. The van der Waals surface area contributed by atoms with Crippen LogP contribution in [0.25, 0.3) is 5.76 Å². The molecule has 1 saturated carbocycles. The number of pyridine rings is 1. The zero-order chi connectivity index (χ0) is 9.26. The van der Waals surface area contributed by atoms with Gasteiger partial charge in [0.1, 0.15) is 11.5 Å². The lowest BCUT2D eigenvalue weighted by molar-refractivity contribution is 0.505. The van der Waals surface area contributed by atoms with E-state index in [-0.39, 0.29) is 0 Å². The molecule has 1 aromatic heterocycles. The molecule has 2 rings (SSSR count). The maximum atomic E-state index is 9.79. The molecule has 1 aliphatic carbocycles. The van der Waals surface area contributed by atoms with Crippen molar-refractivity contribution in [3.8, 4) is 0 Å². The summed E-state index contributed by atoms with van der Waals surface area (Å²) in [5.74, 6) is 0.414. The lowest BCUT2D eigenvalue weighted by Crippen LogP contribution is -1.95. The van der Waals surface area contributed by atoms with E-state index in [4.69, 9.17) is 0 Å². The zero-order valence-electron chi connectivity index (χ0n) is 7.75. The molecule has 2 nitrogen and oxygen atoms in total. The van der Waals surface area contributed by atoms with Crippen LogP contribution in [0.15, 0.2) is 23.9 Å². The molecule has 2 heteroatoms. The average Bonchev–Trinajstić information content (AvgIpc) is 3.00. The van der Waals surface area contributed by atoms with Crippen molar-refractivity contribution in [1.29, 1.82) is 0 Å². The summed E-state index contributed by atoms with van der Waals surface area (Å²) in [6, 6.07) is 3.93. The first-order valence-corrected chi connectivity index (χ1v) is 4.68. The minimum Gasteiger partial charge on any atom is -0.506 e. The Kier molecular flexibility index (Phi) is 2.05. The first-order chi connectivity index (χ1) is 6.33. The van der Waals surface area contributed by atoms with Crippen LogP contribution in [0.3, 0.4) is 0 Å². The van der Waals surface area contributed by atoms with Crippen molar-refractivity contribution in [2.45, 2.75) is 26.2 Å². The molecular formula is C11H13NO. The highest BCUT2D eigenvalue weighted by Crippen LogP contribution is 2.35. The molecule has 0 unspecified atom stereocenters. The van der Waals surface area contributed by atoms with Crippen molar-refractivity contribution >= 4 is 5.76 Å². The summed E-state index contributed by atoms with van der Waals surface area (Å²) in [5.41, 5.74) is 3.05. The molecule has 1 aliphatic rings. The van der Waals surface area contributed by atoms with Crippen LogP contribution in [0.5, 0.6) is 0 Å². The van der Waals surface area contributed by atoms with Crippen LogP contribution in [0, 0.1) is 0 Å². The Labute approximate surface area is 77.9 Å². The first-order valence-electron chi connectivity index (χ1n) is 4.68. The number of aryl methyl sites for hydroxylation is 1. The second kappa shape index (κ2) is 3.21. The molecule has 0 bridgehead atoms. The maximum Gasteiger partial charge on any atom is 0.140 e. The van der Waals surface area contributed by atoms with Crippen molar-refractivity contribution < 1.29 is 5.11 Å². The lowest BCUT2D eigenvalue weighted by Gasteiger charge is -2.04. The molecule has 0 radical (unpaired) electrons. The molecule has 13 heavy (non-hydrogen) atoms. The van der Waals surface area contributed by atoms with Crippen LogP contribution in [0.4, 0.5) is 0 Å². The topological polar surface area (TPSA) is 33.1 Å². The zero-order valence-corrected chi connectivity index (χ0v) is 7.75. The molecule has 1 N–H and O–H groups in total. The van der Waals surface area contributed by atoms with Gasteiger partial charge in [-0.2, -0.15) is 0 Å². The van der Waals surface area contributed by atoms with Crippen LogP contribution in [-0.2, 0) is 6.42 Å². The van der Waals surface area contributed by atoms with Gasteiger partial charge in [-0.3, -0.25) is 4.98 Å². The Morgan fingerprint density at radius 3 is 2.92 bits per heavy atom. The highest BCUT2D eigenvalue weighted by atomic mass is 16.3. The summed E-state index contributed by atoms with van der Waals surface area (Å²) in [6.45, 7) is 2.07. The molecule has 1 heterocycles. The Morgan fingerprint density at radius 2 is 2.31 bits per heavy atom. The SMILES string of the molecule is CCc1cccnc1C(O)=C1CC1. The smallest absolute Gasteiger partial charge is 0.140 e. The van der Waals surface area contributed by atoms with Gasteiger partial charge in [0.2, 0.25) is 0 Å². The van der Waals surface area contributed by atoms with E-state index in [0.29, 0.717) is 5.76 Å². The molecule has 68 valence electrons. The Bertz CT molecular complexity index is 349. The average molecular weight is 175 g/mol. The van der Waals surface area contributed by atoms with Crippen molar-refractivity contribution in [3.63, 3.8) is 0 Å². The van der Waals surface area contributed by atoms with Gasteiger partial charge in [0.05, 0.1) is 0 Å². The van der Waals surface area contributed by atoms with E-state index in [2.05, 4.69) is 11.9 Å². The molecule has 0 saturated heterocycles. The van der Waals surface area contributed by atoms with E-state index in [1.165, 1.54) is 0 Å². The number of allylic oxidation sites excluding steroid dienone is 1. The molecule has 0 spiro atoms. The van der Waals surface area contributed by atoms with Gasteiger partial charge in [0.15, 0.2) is 0 Å². The Morgan fingerprint density at radius 1 is 1.54 bits per heavy atom. The fourth-order valence-electron chi connectivity index (χ4n) is 1.40. The van der Waals surface area contributed by atoms with Gasteiger partial charge < -0.3 is 5.11 Å². The predicted octanol–water partition coefficient (Wildman–Crippen LogP) is 2.71. The first kappa shape index (κ1) is 8.30. The monoisotopic (exact) mass is 175 g/mol. The minimum absolute atomic E-state index is 0.414. The normalized spacial score (nSPS) is 14.4. The van der Waals surface area contributed by atoms with Crippen molar-refractivity contribution in [2.24, 2.45) is 0 Å². The summed E-state index contributed by atoms with van der Waals surface area (Å²) in [4.78, 5) is 4.20. The molecule has 1 aromatic rings. The summed E-state index contributed by atoms with van der Waals surface area (Å²) >= 11 is 0. The van der Waals surface area contributed by atoms with Crippen molar-refractivity contribution in [3.05, 3.63) is 35.2 Å². The fourth-order valence-corrected chi connectivity index (χ4v) is 1.40. The van der Waals surface area contributed by atoms with E-state index in [1.54, 1.807) is 6.20 Å². The molecule has 0 amide bonds. The van der Waals surface area contributed by atoms with E-state index in [0.717, 1.165) is 36.1 Å². The molecule has 0 atom stereocenters. The van der Waals surface area contributed by atoms with E-state index < -0.39 is 0 Å². The molecule has 0 aromatic carbocycles. The van der Waals surface area contributed by atoms with Gasteiger partial charge in [-0.05, 0) is 36.5 Å². The molecule has 0 aliphatic heterocycles. The number of aromatic nitrogens is 1. The predicted molar refractivity (Wildman–Crippen MR) is 52.4 cm³/mol. The minimum atomic E-state index is 0.414. The number of hydrogen-bond acceptors (Lipinski definition) is 2. The maximum absolute atomic E-state index is 9.79. The van der Waals surface area contributed by atoms with Gasteiger partial charge in [-0.25, -0.2) is 0 Å². The second-order valence-corrected chi connectivity index (χ2v) is 3.32. The van der Waals surface area contributed by atoms with Gasteiger partial charge in [-0.15, -0.1) is 0 Å². The number of aliphatic hydroxyl groups excluding tert-OH is 1. The summed E-state index contributed by atoms with van der Waals surface area (Å²) in [6.07, 6.45) is 4.71. The third-order valence-electron chi connectivity index (χ3n) is 2.33. The summed E-state index contributed by atoms with van der Waals surface area (Å²) < 4.78 is 0. The fraction of sp³-hybridized carbons (Fsp3) is 0.364.